The Hall–Kier alpha value is -2.80. The highest BCUT2D eigenvalue weighted by Gasteiger charge is 2.21. The van der Waals surface area contributed by atoms with Crippen LogP contribution in [0.4, 0.5) is 20.6 Å². The molecular formula is C19H20ClFN4O2. The van der Waals surface area contributed by atoms with Crippen LogP contribution in [0.25, 0.3) is 0 Å². The van der Waals surface area contributed by atoms with Crippen molar-refractivity contribution in [3.63, 3.8) is 0 Å². The summed E-state index contributed by atoms with van der Waals surface area (Å²) in [5.74, 6) is -0.653. The summed E-state index contributed by atoms with van der Waals surface area (Å²) < 4.78 is 13.9. The number of benzene rings is 2. The molecule has 0 aliphatic carbocycles. The van der Waals surface area contributed by atoms with E-state index in [4.69, 9.17) is 11.6 Å². The summed E-state index contributed by atoms with van der Waals surface area (Å²) in [5, 5.41) is 8.82. The number of hydrogen-bond donors (Lipinski definition) is 3. The molecule has 1 aliphatic rings. The second-order valence-electron chi connectivity index (χ2n) is 6.44. The number of nitrogens with zero attached hydrogens (tertiary/aromatic N) is 1. The summed E-state index contributed by atoms with van der Waals surface area (Å²) in [4.78, 5) is 25.5. The van der Waals surface area contributed by atoms with Gasteiger partial charge in [-0.1, -0.05) is 23.7 Å². The van der Waals surface area contributed by atoms with Gasteiger partial charge in [-0.15, -0.1) is 0 Å². The molecule has 0 radical (unpaired) electrons. The molecule has 0 fully saturated rings. The van der Waals surface area contributed by atoms with Crippen molar-refractivity contribution in [3.8, 4) is 0 Å². The molecule has 6 nitrogen and oxygen atoms in total. The molecule has 1 aliphatic heterocycles. The quantitative estimate of drug-likeness (QED) is 0.730. The summed E-state index contributed by atoms with van der Waals surface area (Å²) in [5.41, 5.74) is 2.65. The van der Waals surface area contributed by atoms with Gasteiger partial charge in [-0.05, 0) is 36.8 Å². The Morgan fingerprint density at radius 1 is 1.37 bits per heavy atom. The van der Waals surface area contributed by atoms with Gasteiger partial charge in [0.1, 0.15) is 11.9 Å². The van der Waals surface area contributed by atoms with Gasteiger partial charge in [-0.25, -0.2) is 9.18 Å². The van der Waals surface area contributed by atoms with E-state index in [1.165, 1.54) is 17.0 Å². The van der Waals surface area contributed by atoms with Crippen molar-refractivity contribution < 1.29 is 14.0 Å². The molecule has 1 atom stereocenters. The number of carbonyl (C=O) groups excluding carboxylic acids is 2. The lowest BCUT2D eigenvalue weighted by Gasteiger charge is -2.24. The lowest BCUT2D eigenvalue weighted by atomic mass is 10.1. The van der Waals surface area contributed by atoms with Crippen molar-refractivity contribution in [2.45, 2.75) is 26.1 Å². The van der Waals surface area contributed by atoms with Gasteiger partial charge in [-0.3, -0.25) is 4.79 Å². The van der Waals surface area contributed by atoms with Crippen LogP contribution >= 0.6 is 11.6 Å². The molecule has 3 N–H and O–H groups in total. The molecule has 0 spiro atoms. The van der Waals surface area contributed by atoms with Crippen molar-refractivity contribution in [1.29, 1.82) is 0 Å². The second-order valence-corrected chi connectivity index (χ2v) is 6.85. The summed E-state index contributed by atoms with van der Waals surface area (Å²) in [6.07, 6.45) is 0. The molecule has 1 heterocycles. The molecule has 27 heavy (non-hydrogen) atoms. The summed E-state index contributed by atoms with van der Waals surface area (Å²) in [7, 11) is 1.60. The normalized spacial score (nSPS) is 13.9. The highest BCUT2D eigenvalue weighted by molar-refractivity contribution is 6.31. The van der Waals surface area contributed by atoms with Crippen LogP contribution < -0.4 is 16.0 Å². The van der Waals surface area contributed by atoms with Crippen molar-refractivity contribution in [2.24, 2.45) is 0 Å². The molecule has 1 unspecified atom stereocenters. The van der Waals surface area contributed by atoms with Crippen LogP contribution in [0.5, 0.6) is 0 Å². The zero-order valence-corrected chi connectivity index (χ0v) is 15.7. The first-order chi connectivity index (χ1) is 12.8. The lowest BCUT2D eigenvalue weighted by Crippen LogP contribution is -2.39. The van der Waals surface area contributed by atoms with Gasteiger partial charge < -0.3 is 20.9 Å². The van der Waals surface area contributed by atoms with Gasteiger partial charge >= 0.3 is 6.03 Å². The largest absolute Gasteiger partial charge is 0.374 e. The molecule has 0 saturated heterocycles. The molecule has 0 bridgehead atoms. The summed E-state index contributed by atoms with van der Waals surface area (Å²) >= 11 is 6.03. The first kappa shape index (κ1) is 19.0. The SMILES string of the molecule is CC(Nc1ccc2c(c1)NC(=O)NC2)C(=O)N(C)Cc1c(F)cccc1Cl. The number of fused-ring (bicyclic) bond motifs is 1. The first-order valence-electron chi connectivity index (χ1n) is 8.47. The molecule has 3 amide bonds. The number of likely N-dealkylation sites (N-methyl/N-ethyl adjacent to an activating group) is 1. The van der Waals surface area contributed by atoms with Crippen LogP contribution in [0.1, 0.15) is 18.1 Å². The van der Waals surface area contributed by atoms with E-state index in [0.29, 0.717) is 17.9 Å². The average Bonchev–Trinajstić information content (AvgIpc) is 2.63. The second kappa shape index (κ2) is 7.84. The highest BCUT2D eigenvalue weighted by Crippen LogP contribution is 2.24. The number of carbonyl (C=O) groups is 2. The van der Waals surface area contributed by atoms with Gasteiger partial charge in [-0.2, -0.15) is 0 Å². The van der Waals surface area contributed by atoms with Crippen LogP contribution in [-0.2, 0) is 17.9 Å². The summed E-state index contributed by atoms with van der Waals surface area (Å²) in [6, 6.07) is 9.14. The molecule has 0 aromatic heterocycles. The maximum atomic E-state index is 13.9. The monoisotopic (exact) mass is 390 g/mol. The lowest BCUT2D eigenvalue weighted by molar-refractivity contribution is -0.130. The fourth-order valence-corrected chi connectivity index (χ4v) is 3.14. The van der Waals surface area contributed by atoms with Crippen molar-refractivity contribution >= 4 is 34.9 Å². The summed E-state index contributed by atoms with van der Waals surface area (Å²) in [6.45, 7) is 2.26. The average molecular weight is 391 g/mol. The maximum Gasteiger partial charge on any atom is 0.319 e. The third-order valence-electron chi connectivity index (χ3n) is 4.38. The van der Waals surface area contributed by atoms with Crippen LogP contribution in [0.3, 0.4) is 0 Å². The van der Waals surface area contributed by atoms with E-state index >= 15 is 0 Å². The molecule has 2 aromatic carbocycles. The molecule has 3 rings (SSSR count). The van der Waals surface area contributed by atoms with Crippen molar-refractivity contribution in [1.82, 2.24) is 10.2 Å². The Kier molecular flexibility index (Phi) is 5.51. The van der Waals surface area contributed by atoms with E-state index in [-0.39, 0.29) is 29.1 Å². The molecule has 8 heteroatoms. The number of hydrogen-bond acceptors (Lipinski definition) is 3. The van der Waals surface area contributed by atoms with E-state index in [2.05, 4.69) is 16.0 Å². The zero-order valence-electron chi connectivity index (χ0n) is 15.0. The standard InChI is InChI=1S/C19H20ClFN4O2/c1-11(18(26)25(2)10-14-15(20)4-3-5-16(14)21)23-13-7-6-12-9-22-19(27)24-17(12)8-13/h3-8,11,23H,9-10H2,1-2H3,(H2,22,24,27). The van der Waals surface area contributed by atoms with Gasteiger partial charge in [0.25, 0.3) is 0 Å². The number of anilines is 2. The minimum atomic E-state index is -0.545. The minimum Gasteiger partial charge on any atom is -0.374 e. The van der Waals surface area contributed by atoms with Crippen LogP contribution in [0, 0.1) is 5.82 Å². The molecule has 2 aromatic rings. The maximum absolute atomic E-state index is 13.9. The Labute approximate surface area is 161 Å². The Bertz CT molecular complexity index is 870. The van der Waals surface area contributed by atoms with E-state index in [1.54, 1.807) is 26.1 Å². The van der Waals surface area contributed by atoms with Gasteiger partial charge in [0.15, 0.2) is 0 Å². The fourth-order valence-electron chi connectivity index (χ4n) is 2.92. The van der Waals surface area contributed by atoms with E-state index < -0.39 is 11.9 Å². The number of nitrogens with one attached hydrogen (secondary N) is 3. The number of halogens is 2. The zero-order chi connectivity index (χ0) is 19.6. The molecular weight excluding hydrogens is 371 g/mol. The van der Waals surface area contributed by atoms with Gasteiger partial charge in [0.05, 0.1) is 0 Å². The number of amides is 3. The number of urea groups is 1. The predicted molar refractivity (Wildman–Crippen MR) is 103 cm³/mol. The van der Waals surface area contributed by atoms with Crippen LogP contribution in [0.15, 0.2) is 36.4 Å². The van der Waals surface area contributed by atoms with Crippen LogP contribution in [0.2, 0.25) is 5.02 Å². The van der Waals surface area contributed by atoms with Crippen molar-refractivity contribution in [3.05, 3.63) is 58.4 Å². The van der Waals surface area contributed by atoms with Gasteiger partial charge in [0, 0.05) is 42.1 Å². The Morgan fingerprint density at radius 3 is 2.89 bits per heavy atom. The highest BCUT2D eigenvalue weighted by atomic mass is 35.5. The first-order valence-corrected chi connectivity index (χ1v) is 8.85. The number of rotatable bonds is 5. The Morgan fingerprint density at radius 2 is 2.15 bits per heavy atom. The topological polar surface area (TPSA) is 73.5 Å². The molecule has 0 saturated carbocycles. The third-order valence-corrected chi connectivity index (χ3v) is 4.74. The third kappa shape index (κ3) is 4.31. The molecule has 142 valence electrons. The predicted octanol–water partition coefficient (Wildman–Crippen LogP) is 3.57. The smallest absolute Gasteiger partial charge is 0.319 e. The van der Waals surface area contributed by atoms with E-state index in [9.17, 15) is 14.0 Å². The fraction of sp³-hybridized carbons (Fsp3) is 0.263. The van der Waals surface area contributed by atoms with E-state index in [0.717, 1.165) is 5.56 Å². The van der Waals surface area contributed by atoms with Gasteiger partial charge in [0.2, 0.25) is 5.91 Å². The minimum absolute atomic E-state index is 0.0717. The Balaban J connectivity index is 1.67. The van der Waals surface area contributed by atoms with Crippen molar-refractivity contribution in [2.75, 3.05) is 17.7 Å². The van der Waals surface area contributed by atoms with Crippen LogP contribution in [-0.4, -0.2) is 29.9 Å². The van der Waals surface area contributed by atoms with E-state index in [1.807, 2.05) is 12.1 Å².